The van der Waals surface area contributed by atoms with E-state index in [-0.39, 0.29) is 11.6 Å². The van der Waals surface area contributed by atoms with E-state index in [9.17, 15) is 14.9 Å². The number of nitrogens with zero attached hydrogens (tertiary/aromatic N) is 2. The monoisotopic (exact) mass is 465 g/mol. The van der Waals surface area contributed by atoms with Crippen LogP contribution in [-0.2, 0) is 11.4 Å². The van der Waals surface area contributed by atoms with Crippen molar-refractivity contribution in [3.05, 3.63) is 104 Å². The van der Waals surface area contributed by atoms with Crippen molar-refractivity contribution in [2.45, 2.75) is 6.61 Å². The lowest BCUT2D eigenvalue weighted by Crippen LogP contribution is -2.19. The van der Waals surface area contributed by atoms with Crippen molar-refractivity contribution in [2.24, 2.45) is 4.99 Å². The average Bonchev–Trinajstić information content (AvgIpc) is 3.13. The Morgan fingerprint density at radius 1 is 1.06 bits per heavy atom. The molecule has 1 saturated heterocycles. The maximum absolute atomic E-state index is 12.3. The molecule has 0 saturated carbocycles. The van der Waals surface area contributed by atoms with Gasteiger partial charge < -0.3 is 10.1 Å². The molecular formula is C23H16ClN3O4S. The van der Waals surface area contributed by atoms with E-state index in [4.69, 9.17) is 16.3 Å². The van der Waals surface area contributed by atoms with E-state index in [2.05, 4.69) is 10.3 Å². The molecule has 1 heterocycles. The number of amides is 1. The molecule has 1 amide bonds. The molecule has 32 heavy (non-hydrogen) atoms. The summed E-state index contributed by atoms with van der Waals surface area (Å²) in [5.74, 6) is 0.425. The summed E-state index contributed by atoms with van der Waals surface area (Å²) < 4.78 is 5.73. The number of halogens is 1. The zero-order valence-electron chi connectivity index (χ0n) is 16.5. The molecule has 0 bridgehead atoms. The number of nitrogens with one attached hydrogen (secondary N) is 1. The maximum atomic E-state index is 12.3. The van der Waals surface area contributed by atoms with Crippen LogP contribution in [-0.4, -0.2) is 16.0 Å². The van der Waals surface area contributed by atoms with Gasteiger partial charge in [0.15, 0.2) is 5.17 Å². The number of rotatable bonds is 6. The number of amidine groups is 1. The Morgan fingerprint density at radius 3 is 2.47 bits per heavy atom. The van der Waals surface area contributed by atoms with Crippen molar-refractivity contribution >= 4 is 51.9 Å². The minimum absolute atomic E-state index is 0.0417. The molecule has 7 nitrogen and oxygen atoms in total. The number of carbonyl (C=O) groups excluding carboxylic acids is 1. The quantitative estimate of drug-likeness (QED) is 0.285. The first kappa shape index (κ1) is 21.6. The van der Waals surface area contributed by atoms with Crippen molar-refractivity contribution in [3.63, 3.8) is 0 Å². The number of hydrogen-bond donors (Lipinski definition) is 1. The Morgan fingerprint density at radius 2 is 1.78 bits per heavy atom. The molecule has 1 fully saturated rings. The fourth-order valence-electron chi connectivity index (χ4n) is 2.82. The van der Waals surface area contributed by atoms with E-state index in [1.54, 1.807) is 42.5 Å². The number of para-hydroxylation sites is 1. The van der Waals surface area contributed by atoms with E-state index in [0.717, 1.165) is 11.1 Å². The van der Waals surface area contributed by atoms with E-state index in [1.807, 2.05) is 24.3 Å². The van der Waals surface area contributed by atoms with Gasteiger partial charge in [-0.25, -0.2) is 4.99 Å². The number of benzene rings is 3. The van der Waals surface area contributed by atoms with Crippen LogP contribution in [0.1, 0.15) is 11.1 Å². The van der Waals surface area contributed by atoms with Crippen molar-refractivity contribution in [2.75, 3.05) is 0 Å². The Labute approximate surface area is 192 Å². The smallest absolute Gasteiger partial charge is 0.269 e. The molecule has 0 spiro atoms. The van der Waals surface area contributed by atoms with Gasteiger partial charge in [0.1, 0.15) is 12.4 Å². The summed E-state index contributed by atoms with van der Waals surface area (Å²) in [4.78, 5) is 27.5. The second kappa shape index (κ2) is 9.67. The number of hydrogen-bond acceptors (Lipinski definition) is 6. The molecule has 1 N–H and O–H groups in total. The first-order valence-corrected chi connectivity index (χ1v) is 10.7. The van der Waals surface area contributed by atoms with Crippen LogP contribution in [0.5, 0.6) is 5.75 Å². The van der Waals surface area contributed by atoms with Crippen LogP contribution in [0.3, 0.4) is 0 Å². The largest absolute Gasteiger partial charge is 0.489 e. The molecule has 1 aliphatic rings. The van der Waals surface area contributed by atoms with Gasteiger partial charge in [0.05, 0.1) is 20.5 Å². The van der Waals surface area contributed by atoms with Crippen LogP contribution in [0.2, 0.25) is 5.02 Å². The Balaban J connectivity index is 1.39. The molecule has 0 radical (unpaired) electrons. The predicted molar refractivity (Wildman–Crippen MR) is 126 cm³/mol. The Kier molecular flexibility index (Phi) is 6.53. The first-order valence-electron chi connectivity index (χ1n) is 9.48. The van der Waals surface area contributed by atoms with Gasteiger partial charge >= 0.3 is 0 Å². The van der Waals surface area contributed by atoms with Gasteiger partial charge in [-0.2, -0.15) is 0 Å². The molecule has 0 aromatic heterocycles. The highest BCUT2D eigenvalue weighted by molar-refractivity contribution is 8.18. The highest BCUT2D eigenvalue weighted by atomic mass is 35.5. The van der Waals surface area contributed by atoms with Crippen molar-refractivity contribution in [3.8, 4) is 5.75 Å². The Hall–Kier alpha value is -3.62. The molecule has 9 heteroatoms. The fourth-order valence-corrected chi connectivity index (χ4v) is 3.84. The molecule has 0 aliphatic carbocycles. The Bertz CT molecular complexity index is 1220. The van der Waals surface area contributed by atoms with Gasteiger partial charge in [0, 0.05) is 12.1 Å². The second-order valence-corrected chi connectivity index (χ2v) is 8.15. The minimum Gasteiger partial charge on any atom is -0.489 e. The number of aliphatic imine (C=N–C) groups is 1. The van der Waals surface area contributed by atoms with Gasteiger partial charge in [-0.3, -0.25) is 14.9 Å². The van der Waals surface area contributed by atoms with Crippen molar-refractivity contribution in [1.82, 2.24) is 5.32 Å². The molecule has 0 unspecified atom stereocenters. The molecule has 160 valence electrons. The van der Waals surface area contributed by atoms with Gasteiger partial charge in [-0.1, -0.05) is 35.9 Å². The molecule has 0 atom stereocenters. The summed E-state index contributed by atoms with van der Waals surface area (Å²) in [5.41, 5.74) is 2.29. The zero-order chi connectivity index (χ0) is 22.5. The second-order valence-electron chi connectivity index (χ2n) is 6.71. The molecule has 1 aliphatic heterocycles. The minimum atomic E-state index is -0.438. The standard InChI is InChI=1S/C23H16ClN3O4S/c24-19-3-1-2-4-20(19)25-23-26-22(28)21(32-23)13-15-7-11-18(12-8-15)31-14-16-5-9-17(10-6-16)27(29)30/h1-13H,14H2,(H,25,26,28)/b21-13-. The molecule has 4 rings (SSSR count). The third-order valence-electron chi connectivity index (χ3n) is 4.46. The third kappa shape index (κ3) is 5.35. The average molecular weight is 466 g/mol. The highest BCUT2D eigenvalue weighted by Gasteiger charge is 2.24. The van der Waals surface area contributed by atoms with Gasteiger partial charge in [-0.15, -0.1) is 0 Å². The lowest BCUT2D eigenvalue weighted by atomic mass is 10.2. The van der Waals surface area contributed by atoms with Crippen LogP contribution in [0.4, 0.5) is 11.4 Å². The maximum Gasteiger partial charge on any atom is 0.269 e. The van der Waals surface area contributed by atoms with E-state index in [1.165, 1.54) is 23.9 Å². The first-order chi connectivity index (χ1) is 15.5. The summed E-state index contributed by atoms with van der Waals surface area (Å²) in [7, 11) is 0. The van der Waals surface area contributed by atoms with Crippen LogP contribution in [0.25, 0.3) is 6.08 Å². The van der Waals surface area contributed by atoms with Gasteiger partial charge in [0.25, 0.3) is 11.6 Å². The predicted octanol–water partition coefficient (Wildman–Crippen LogP) is 5.72. The van der Waals surface area contributed by atoms with E-state index < -0.39 is 4.92 Å². The summed E-state index contributed by atoms with van der Waals surface area (Å²) in [6.45, 7) is 0.290. The normalized spacial score (nSPS) is 15.7. The van der Waals surface area contributed by atoms with Crippen molar-refractivity contribution < 1.29 is 14.5 Å². The van der Waals surface area contributed by atoms with E-state index in [0.29, 0.717) is 33.1 Å². The number of nitro groups is 1. The van der Waals surface area contributed by atoms with Crippen LogP contribution in [0.15, 0.2) is 82.7 Å². The molecule has 3 aromatic rings. The van der Waals surface area contributed by atoms with Crippen LogP contribution < -0.4 is 10.1 Å². The summed E-state index contributed by atoms with van der Waals surface area (Å²) in [5, 5.41) is 14.4. The lowest BCUT2D eigenvalue weighted by Gasteiger charge is -2.06. The van der Waals surface area contributed by atoms with Crippen molar-refractivity contribution in [1.29, 1.82) is 0 Å². The summed E-state index contributed by atoms with van der Waals surface area (Å²) in [6, 6.07) is 20.7. The molecule has 3 aromatic carbocycles. The van der Waals surface area contributed by atoms with Gasteiger partial charge in [-0.05, 0) is 65.4 Å². The third-order valence-corrected chi connectivity index (χ3v) is 5.69. The highest BCUT2D eigenvalue weighted by Crippen LogP contribution is 2.31. The molecular weight excluding hydrogens is 450 g/mol. The lowest BCUT2D eigenvalue weighted by molar-refractivity contribution is -0.384. The van der Waals surface area contributed by atoms with Crippen LogP contribution in [0, 0.1) is 10.1 Å². The SMILES string of the molecule is O=C1NC(=Nc2ccccc2Cl)S/C1=C\c1ccc(OCc2ccc([N+](=O)[O-])cc2)cc1. The zero-order valence-corrected chi connectivity index (χ0v) is 18.1. The number of carbonyl (C=O) groups is 1. The topological polar surface area (TPSA) is 93.8 Å². The number of non-ortho nitro benzene ring substituents is 1. The van der Waals surface area contributed by atoms with Gasteiger partial charge in [0.2, 0.25) is 0 Å². The van der Waals surface area contributed by atoms with E-state index >= 15 is 0 Å². The number of ether oxygens (including phenoxy) is 1. The van der Waals surface area contributed by atoms with Crippen LogP contribution >= 0.6 is 23.4 Å². The number of thioether (sulfide) groups is 1. The summed E-state index contributed by atoms with van der Waals surface area (Å²) >= 11 is 7.37. The fraction of sp³-hybridized carbons (Fsp3) is 0.0435. The summed E-state index contributed by atoms with van der Waals surface area (Å²) in [6.07, 6.45) is 1.77. The number of nitro benzene ring substituents is 1.